The van der Waals surface area contributed by atoms with E-state index in [1.807, 2.05) is 0 Å². The van der Waals surface area contributed by atoms with Crippen molar-refractivity contribution in [2.45, 2.75) is 39.3 Å². The van der Waals surface area contributed by atoms with Gasteiger partial charge in [-0.25, -0.2) is 0 Å². The van der Waals surface area contributed by atoms with Crippen LogP contribution in [0.4, 0.5) is 5.69 Å². The van der Waals surface area contributed by atoms with Crippen LogP contribution in [0.25, 0.3) is 0 Å². The summed E-state index contributed by atoms with van der Waals surface area (Å²) in [7, 11) is 0. The molecule has 3 rings (SSSR count). The highest BCUT2D eigenvalue weighted by atomic mass is 15.3. The van der Waals surface area contributed by atoms with Crippen LogP contribution in [0.1, 0.15) is 31.4 Å². The predicted octanol–water partition coefficient (Wildman–Crippen LogP) is 2.57. The number of hydrogen-bond acceptors (Lipinski definition) is 3. The maximum atomic E-state index is 3.48. The Bertz CT molecular complexity index is 450. The van der Waals surface area contributed by atoms with E-state index in [-0.39, 0.29) is 0 Å². The van der Waals surface area contributed by atoms with Crippen molar-refractivity contribution in [3.63, 3.8) is 0 Å². The Morgan fingerprint density at radius 1 is 1.20 bits per heavy atom. The van der Waals surface area contributed by atoms with Crippen molar-refractivity contribution in [2.24, 2.45) is 0 Å². The molecule has 1 aromatic carbocycles. The molecule has 1 unspecified atom stereocenters. The first kappa shape index (κ1) is 13.9. The van der Waals surface area contributed by atoms with Crippen LogP contribution in [0.15, 0.2) is 18.2 Å². The van der Waals surface area contributed by atoms with Crippen molar-refractivity contribution in [2.75, 3.05) is 38.0 Å². The van der Waals surface area contributed by atoms with E-state index >= 15 is 0 Å². The van der Waals surface area contributed by atoms with Gasteiger partial charge in [0.1, 0.15) is 0 Å². The van der Waals surface area contributed by atoms with Crippen LogP contribution >= 0.6 is 0 Å². The van der Waals surface area contributed by atoms with E-state index in [0.717, 1.165) is 19.1 Å². The van der Waals surface area contributed by atoms with E-state index in [2.05, 4.69) is 47.2 Å². The Hall–Kier alpha value is -1.06. The minimum Gasteiger partial charge on any atom is -0.384 e. The van der Waals surface area contributed by atoms with Gasteiger partial charge < -0.3 is 5.32 Å². The first-order chi connectivity index (χ1) is 9.76. The summed E-state index contributed by atoms with van der Waals surface area (Å²) in [6.45, 7) is 11.7. The zero-order valence-electron chi connectivity index (χ0n) is 12.9. The molecule has 0 aliphatic carbocycles. The Morgan fingerprint density at radius 2 is 2.00 bits per heavy atom. The monoisotopic (exact) mass is 273 g/mol. The normalized spacial score (nSPS) is 21.5. The van der Waals surface area contributed by atoms with Crippen molar-refractivity contribution in [1.29, 1.82) is 0 Å². The average molecular weight is 273 g/mol. The molecule has 1 saturated heterocycles. The maximum absolute atomic E-state index is 3.48. The van der Waals surface area contributed by atoms with E-state index in [1.165, 1.54) is 55.8 Å². The molecular formula is C17H27N3. The van der Waals surface area contributed by atoms with Crippen molar-refractivity contribution < 1.29 is 0 Å². The van der Waals surface area contributed by atoms with Gasteiger partial charge in [-0.2, -0.15) is 0 Å². The number of hydrogen-bond donors (Lipinski definition) is 1. The Kier molecular flexibility index (Phi) is 4.27. The lowest BCUT2D eigenvalue weighted by molar-refractivity contribution is 0.0964. The molecule has 2 aliphatic heterocycles. The molecule has 0 spiro atoms. The molecule has 20 heavy (non-hydrogen) atoms. The van der Waals surface area contributed by atoms with Gasteiger partial charge in [-0.1, -0.05) is 19.1 Å². The highest BCUT2D eigenvalue weighted by molar-refractivity contribution is 5.57. The smallest absolute Gasteiger partial charge is 0.0376 e. The Balaban J connectivity index is 1.55. The van der Waals surface area contributed by atoms with Crippen molar-refractivity contribution in [1.82, 2.24) is 9.80 Å². The van der Waals surface area contributed by atoms with Gasteiger partial charge in [0.2, 0.25) is 0 Å². The third kappa shape index (κ3) is 2.99. The highest BCUT2D eigenvalue weighted by Crippen LogP contribution is 2.24. The standard InChI is InChI=1S/C17H27N3/c1-3-14(2)20-10-8-19(9-11-20)13-15-4-5-16-6-7-18-17(16)12-15/h4-5,12,14,18H,3,6-11,13H2,1-2H3. The lowest BCUT2D eigenvalue weighted by atomic mass is 10.1. The van der Waals surface area contributed by atoms with Gasteiger partial charge in [-0.15, -0.1) is 0 Å². The first-order valence-corrected chi connectivity index (χ1v) is 8.08. The summed E-state index contributed by atoms with van der Waals surface area (Å²) in [6.07, 6.45) is 2.44. The molecule has 0 radical (unpaired) electrons. The number of piperazine rings is 1. The van der Waals surface area contributed by atoms with Crippen LogP contribution in [0, 0.1) is 0 Å². The summed E-state index contributed by atoms with van der Waals surface area (Å²) in [5, 5.41) is 3.48. The summed E-state index contributed by atoms with van der Waals surface area (Å²) in [5.74, 6) is 0. The fourth-order valence-electron chi connectivity index (χ4n) is 3.31. The molecular weight excluding hydrogens is 246 g/mol. The number of nitrogens with one attached hydrogen (secondary N) is 1. The third-order valence-electron chi connectivity index (χ3n) is 4.91. The summed E-state index contributed by atoms with van der Waals surface area (Å²) >= 11 is 0. The van der Waals surface area contributed by atoms with Gasteiger partial charge in [0.05, 0.1) is 0 Å². The van der Waals surface area contributed by atoms with Crippen molar-refractivity contribution >= 4 is 5.69 Å². The van der Waals surface area contributed by atoms with Crippen LogP contribution in [0.2, 0.25) is 0 Å². The largest absolute Gasteiger partial charge is 0.384 e. The van der Waals surface area contributed by atoms with E-state index in [9.17, 15) is 0 Å². The predicted molar refractivity (Wildman–Crippen MR) is 85.2 cm³/mol. The van der Waals surface area contributed by atoms with Gasteiger partial charge >= 0.3 is 0 Å². The molecule has 1 fully saturated rings. The Labute approximate surface area is 123 Å². The van der Waals surface area contributed by atoms with Gasteiger partial charge in [0, 0.05) is 51.0 Å². The zero-order valence-corrected chi connectivity index (χ0v) is 12.9. The molecule has 0 saturated carbocycles. The minimum absolute atomic E-state index is 0.737. The lowest BCUT2D eigenvalue weighted by Gasteiger charge is -2.37. The summed E-state index contributed by atoms with van der Waals surface area (Å²) < 4.78 is 0. The van der Waals surface area contributed by atoms with Gasteiger partial charge in [-0.05, 0) is 37.0 Å². The molecule has 0 amide bonds. The zero-order chi connectivity index (χ0) is 13.9. The molecule has 3 heteroatoms. The van der Waals surface area contributed by atoms with Crippen molar-refractivity contribution in [3.05, 3.63) is 29.3 Å². The fraction of sp³-hybridized carbons (Fsp3) is 0.647. The van der Waals surface area contributed by atoms with Gasteiger partial charge in [-0.3, -0.25) is 9.80 Å². The van der Waals surface area contributed by atoms with E-state index < -0.39 is 0 Å². The van der Waals surface area contributed by atoms with Gasteiger partial charge in [0.15, 0.2) is 0 Å². The molecule has 1 aromatic rings. The second-order valence-corrected chi connectivity index (χ2v) is 6.24. The van der Waals surface area contributed by atoms with Crippen LogP contribution < -0.4 is 5.32 Å². The van der Waals surface area contributed by atoms with Gasteiger partial charge in [0.25, 0.3) is 0 Å². The van der Waals surface area contributed by atoms with Crippen LogP contribution in [-0.4, -0.2) is 48.6 Å². The second kappa shape index (κ2) is 6.15. The highest BCUT2D eigenvalue weighted by Gasteiger charge is 2.20. The minimum atomic E-state index is 0.737. The number of benzene rings is 1. The van der Waals surface area contributed by atoms with E-state index in [1.54, 1.807) is 0 Å². The maximum Gasteiger partial charge on any atom is 0.0376 e. The number of nitrogens with zero attached hydrogens (tertiary/aromatic N) is 2. The average Bonchev–Trinajstić information content (AvgIpc) is 2.95. The summed E-state index contributed by atoms with van der Waals surface area (Å²) in [4.78, 5) is 5.22. The molecule has 3 nitrogen and oxygen atoms in total. The van der Waals surface area contributed by atoms with Crippen LogP contribution in [0.3, 0.4) is 0 Å². The van der Waals surface area contributed by atoms with E-state index in [4.69, 9.17) is 0 Å². The third-order valence-corrected chi connectivity index (χ3v) is 4.91. The molecule has 1 N–H and O–H groups in total. The quantitative estimate of drug-likeness (QED) is 0.909. The Morgan fingerprint density at radius 3 is 2.75 bits per heavy atom. The first-order valence-electron chi connectivity index (χ1n) is 8.08. The number of fused-ring (bicyclic) bond motifs is 1. The fourth-order valence-corrected chi connectivity index (χ4v) is 3.31. The number of anilines is 1. The van der Waals surface area contributed by atoms with Crippen molar-refractivity contribution in [3.8, 4) is 0 Å². The molecule has 0 aromatic heterocycles. The topological polar surface area (TPSA) is 18.5 Å². The molecule has 2 heterocycles. The molecule has 2 aliphatic rings. The molecule has 0 bridgehead atoms. The number of rotatable bonds is 4. The summed E-state index contributed by atoms with van der Waals surface area (Å²) in [5.41, 5.74) is 4.30. The molecule has 110 valence electrons. The van der Waals surface area contributed by atoms with Crippen LogP contribution in [-0.2, 0) is 13.0 Å². The summed E-state index contributed by atoms with van der Waals surface area (Å²) in [6, 6.07) is 7.71. The van der Waals surface area contributed by atoms with E-state index in [0.29, 0.717) is 0 Å². The molecule has 1 atom stereocenters. The second-order valence-electron chi connectivity index (χ2n) is 6.24. The lowest BCUT2D eigenvalue weighted by Crippen LogP contribution is -2.48. The van der Waals surface area contributed by atoms with Crippen LogP contribution in [0.5, 0.6) is 0 Å². The SMILES string of the molecule is CCC(C)N1CCN(Cc2ccc3c(c2)NCC3)CC1.